The third-order valence-corrected chi connectivity index (χ3v) is 9.15. The van der Waals surface area contributed by atoms with Crippen LogP contribution >= 0.6 is 0 Å². The first-order chi connectivity index (χ1) is 15.8. The molecule has 1 aliphatic carbocycles. The molecule has 1 aromatic rings. The molecule has 2 aliphatic heterocycles. The second-order valence-corrected chi connectivity index (χ2v) is 11.4. The Hall–Kier alpha value is -2.13. The lowest BCUT2D eigenvalue weighted by Crippen LogP contribution is -2.45. The Kier molecular flexibility index (Phi) is 7.28. The van der Waals surface area contributed by atoms with Crippen LogP contribution in [0.3, 0.4) is 0 Å². The number of nitrogens with one attached hydrogen (secondary N) is 2. The number of hydrogen-bond donors (Lipinski definition) is 2. The largest absolute Gasteiger partial charge is 0.478 e. The summed E-state index contributed by atoms with van der Waals surface area (Å²) in [4.78, 5) is 25.0. The quantitative estimate of drug-likeness (QED) is 0.633. The first kappa shape index (κ1) is 24.0. The SMILES string of the molecule is CCC1Oc2cc(S(=O)(=O)N3CCC(C(=O)NC4CCCCCC4)CC3)c(C)cc2NC1=O. The smallest absolute Gasteiger partial charge is 0.265 e. The van der Waals surface area contributed by atoms with Crippen LogP contribution < -0.4 is 15.4 Å². The molecule has 2 N–H and O–H groups in total. The molecule has 0 bridgehead atoms. The summed E-state index contributed by atoms with van der Waals surface area (Å²) in [6.45, 7) is 4.20. The Morgan fingerprint density at radius 1 is 1.12 bits per heavy atom. The van der Waals surface area contributed by atoms with Crippen LogP contribution in [0.15, 0.2) is 17.0 Å². The van der Waals surface area contributed by atoms with Crippen LogP contribution in [0, 0.1) is 12.8 Å². The molecule has 8 nitrogen and oxygen atoms in total. The van der Waals surface area contributed by atoms with Gasteiger partial charge in [-0.2, -0.15) is 4.31 Å². The average Bonchev–Trinajstić information content (AvgIpc) is 3.07. The van der Waals surface area contributed by atoms with Gasteiger partial charge in [-0.1, -0.05) is 32.6 Å². The molecular weight excluding hydrogens is 442 g/mol. The molecule has 1 aromatic carbocycles. The second kappa shape index (κ2) is 10.0. The molecule has 2 fully saturated rings. The van der Waals surface area contributed by atoms with Crippen LogP contribution in [-0.2, 0) is 19.6 Å². The monoisotopic (exact) mass is 477 g/mol. The maximum atomic E-state index is 13.4. The van der Waals surface area contributed by atoms with Crippen molar-refractivity contribution in [2.75, 3.05) is 18.4 Å². The summed E-state index contributed by atoms with van der Waals surface area (Å²) in [6.07, 6.45) is 7.79. The number of benzene rings is 1. The van der Waals surface area contributed by atoms with Crippen LogP contribution in [0.4, 0.5) is 5.69 Å². The van der Waals surface area contributed by atoms with Gasteiger partial charge in [-0.25, -0.2) is 8.42 Å². The van der Waals surface area contributed by atoms with Crippen molar-refractivity contribution in [3.63, 3.8) is 0 Å². The van der Waals surface area contributed by atoms with Crippen LogP contribution in [0.5, 0.6) is 5.75 Å². The fourth-order valence-corrected chi connectivity index (χ4v) is 6.76. The number of piperidine rings is 1. The molecule has 0 radical (unpaired) electrons. The van der Waals surface area contributed by atoms with Crippen molar-refractivity contribution in [2.24, 2.45) is 5.92 Å². The number of rotatable bonds is 5. The molecule has 1 saturated heterocycles. The van der Waals surface area contributed by atoms with Gasteiger partial charge < -0.3 is 15.4 Å². The Morgan fingerprint density at radius 2 is 1.79 bits per heavy atom. The highest BCUT2D eigenvalue weighted by Gasteiger charge is 2.35. The van der Waals surface area contributed by atoms with Crippen molar-refractivity contribution in [3.05, 3.63) is 17.7 Å². The number of hydrogen-bond acceptors (Lipinski definition) is 5. The number of aryl methyl sites for hydroxylation is 1. The summed E-state index contributed by atoms with van der Waals surface area (Å²) in [5.41, 5.74) is 1.05. The molecule has 0 spiro atoms. The van der Waals surface area contributed by atoms with Crippen molar-refractivity contribution in [3.8, 4) is 5.75 Å². The molecule has 182 valence electrons. The lowest BCUT2D eigenvalue weighted by atomic mass is 9.96. The summed E-state index contributed by atoms with van der Waals surface area (Å²) in [5, 5.41) is 6.01. The van der Waals surface area contributed by atoms with E-state index in [0.717, 1.165) is 25.7 Å². The van der Waals surface area contributed by atoms with Gasteiger partial charge in [-0.3, -0.25) is 9.59 Å². The summed E-state index contributed by atoms with van der Waals surface area (Å²) in [7, 11) is -3.74. The Balaban J connectivity index is 1.42. The van der Waals surface area contributed by atoms with E-state index in [0.29, 0.717) is 49.4 Å². The molecular formula is C24H35N3O5S. The highest BCUT2D eigenvalue weighted by molar-refractivity contribution is 7.89. The fraction of sp³-hybridized carbons (Fsp3) is 0.667. The number of amides is 2. The van der Waals surface area contributed by atoms with E-state index in [2.05, 4.69) is 10.6 Å². The predicted octanol–water partition coefficient (Wildman–Crippen LogP) is 3.34. The van der Waals surface area contributed by atoms with Crippen molar-refractivity contribution in [1.29, 1.82) is 0 Å². The number of carbonyl (C=O) groups excluding carboxylic acids is 2. The molecule has 33 heavy (non-hydrogen) atoms. The lowest BCUT2D eigenvalue weighted by Gasteiger charge is -2.32. The topological polar surface area (TPSA) is 105 Å². The lowest BCUT2D eigenvalue weighted by molar-refractivity contribution is -0.127. The number of sulfonamides is 1. The summed E-state index contributed by atoms with van der Waals surface area (Å²) < 4.78 is 34.1. The van der Waals surface area contributed by atoms with Crippen LogP contribution in [-0.4, -0.2) is 49.8 Å². The number of carbonyl (C=O) groups is 2. The van der Waals surface area contributed by atoms with Crippen molar-refractivity contribution in [1.82, 2.24) is 9.62 Å². The number of anilines is 1. The minimum atomic E-state index is -3.74. The highest BCUT2D eigenvalue weighted by atomic mass is 32.2. The van der Waals surface area contributed by atoms with Gasteiger partial charge in [-0.05, 0) is 50.7 Å². The molecule has 0 aromatic heterocycles. The van der Waals surface area contributed by atoms with Gasteiger partial charge in [0.1, 0.15) is 5.75 Å². The maximum absolute atomic E-state index is 13.4. The Labute approximate surface area is 196 Å². The van der Waals surface area contributed by atoms with Gasteiger partial charge in [-0.15, -0.1) is 0 Å². The Bertz CT molecular complexity index is 994. The molecule has 1 atom stereocenters. The van der Waals surface area contributed by atoms with Gasteiger partial charge in [0.2, 0.25) is 15.9 Å². The van der Waals surface area contributed by atoms with Crippen molar-refractivity contribution >= 4 is 27.5 Å². The fourth-order valence-electron chi connectivity index (χ4n) is 5.07. The van der Waals surface area contributed by atoms with Gasteiger partial charge in [0.25, 0.3) is 5.91 Å². The van der Waals surface area contributed by atoms with Crippen molar-refractivity contribution < 1.29 is 22.7 Å². The van der Waals surface area contributed by atoms with Gasteiger partial charge in [0.05, 0.1) is 10.6 Å². The van der Waals surface area contributed by atoms with Gasteiger partial charge in [0, 0.05) is 31.1 Å². The van der Waals surface area contributed by atoms with E-state index < -0.39 is 16.1 Å². The van der Waals surface area contributed by atoms with E-state index in [4.69, 9.17) is 4.74 Å². The number of ether oxygens (including phenoxy) is 1. The molecule has 4 rings (SSSR count). The number of nitrogens with zero attached hydrogens (tertiary/aromatic N) is 1. The minimum absolute atomic E-state index is 0.0682. The maximum Gasteiger partial charge on any atom is 0.265 e. The average molecular weight is 478 g/mol. The second-order valence-electron chi connectivity index (χ2n) is 9.49. The van der Waals surface area contributed by atoms with Gasteiger partial charge in [0.15, 0.2) is 6.10 Å². The van der Waals surface area contributed by atoms with E-state index >= 15 is 0 Å². The zero-order chi connectivity index (χ0) is 23.6. The van der Waals surface area contributed by atoms with Crippen molar-refractivity contribution in [2.45, 2.75) is 88.7 Å². The summed E-state index contributed by atoms with van der Waals surface area (Å²) in [5.74, 6) is 0.0827. The zero-order valence-electron chi connectivity index (χ0n) is 19.6. The predicted molar refractivity (Wildman–Crippen MR) is 126 cm³/mol. The summed E-state index contributed by atoms with van der Waals surface area (Å²) >= 11 is 0. The molecule has 3 aliphatic rings. The Morgan fingerprint density at radius 3 is 2.42 bits per heavy atom. The van der Waals surface area contributed by atoms with E-state index in [1.165, 1.54) is 23.2 Å². The van der Waals surface area contributed by atoms with E-state index in [9.17, 15) is 18.0 Å². The van der Waals surface area contributed by atoms with Crippen LogP contribution in [0.1, 0.15) is 70.3 Å². The molecule has 1 unspecified atom stereocenters. The highest BCUT2D eigenvalue weighted by Crippen LogP contribution is 2.36. The third kappa shape index (κ3) is 5.19. The molecule has 2 heterocycles. The molecule has 9 heteroatoms. The minimum Gasteiger partial charge on any atom is -0.478 e. The molecule has 1 saturated carbocycles. The van der Waals surface area contributed by atoms with E-state index in [-0.39, 0.29) is 28.7 Å². The first-order valence-corrected chi connectivity index (χ1v) is 13.7. The third-order valence-electron chi connectivity index (χ3n) is 7.11. The molecule has 2 amide bonds. The zero-order valence-corrected chi connectivity index (χ0v) is 20.4. The normalized spacial score (nSPS) is 23.2. The van der Waals surface area contributed by atoms with Gasteiger partial charge >= 0.3 is 0 Å². The van der Waals surface area contributed by atoms with Crippen LogP contribution in [0.2, 0.25) is 0 Å². The van der Waals surface area contributed by atoms with Crippen LogP contribution in [0.25, 0.3) is 0 Å². The van der Waals surface area contributed by atoms with E-state index in [1.807, 2.05) is 6.92 Å². The standard InChI is InChI=1S/C24H35N3O5S/c1-3-20-24(29)26-19-14-16(2)22(15-21(19)32-20)33(30,31)27-12-10-17(11-13-27)23(28)25-18-8-6-4-5-7-9-18/h14-15,17-18,20H,3-13H2,1-2H3,(H,25,28)(H,26,29). The number of fused-ring (bicyclic) bond motifs is 1. The van der Waals surface area contributed by atoms with E-state index in [1.54, 1.807) is 13.0 Å². The summed E-state index contributed by atoms with van der Waals surface area (Å²) in [6, 6.07) is 3.43. The first-order valence-electron chi connectivity index (χ1n) is 12.2.